The summed E-state index contributed by atoms with van der Waals surface area (Å²) < 4.78 is 5.44. The second kappa shape index (κ2) is 7.07. The summed E-state index contributed by atoms with van der Waals surface area (Å²) in [7, 11) is 0. The molecule has 1 aliphatic rings. The molecule has 26 heavy (non-hydrogen) atoms. The van der Waals surface area contributed by atoms with Crippen molar-refractivity contribution in [2.45, 2.75) is 27.2 Å². The molecular weight excluding hydrogens is 352 g/mol. The van der Waals surface area contributed by atoms with E-state index in [1.807, 2.05) is 38.1 Å². The lowest BCUT2D eigenvalue weighted by Gasteiger charge is -2.19. The second-order valence-electron chi connectivity index (χ2n) is 6.73. The number of thiazole rings is 1. The molecule has 2 heterocycles. The number of aryl methyl sites for hydroxylation is 1. The van der Waals surface area contributed by atoms with Crippen LogP contribution in [-0.4, -0.2) is 46.6 Å². The van der Waals surface area contributed by atoms with Gasteiger partial charge in [0.05, 0.1) is 17.7 Å². The Balaban J connectivity index is 1.80. The third kappa shape index (κ3) is 3.44. The topological polar surface area (TPSA) is 79.7 Å². The minimum atomic E-state index is -0.869. The van der Waals surface area contributed by atoms with E-state index in [2.05, 4.69) is 4.98 Å². The van der Waals surface area contributed by atoms with Gasteiger partial charge >= 0.3 is 5.97 Å². The number of hydrogen-bond donors (Lipinski definition) is 1. The second-order valence-corrected chi connectivity index (χ2v) is 7.73. The number of amides is 1. The number of carboxylic acids is 1. The molecule has 1 unspecified atom stereocenters. The first kappa shape index (κ1) is 18.4. The smallest absolute Gasteiger partial charge is 0.311 e. The van der Waals surface area contributed by atoms with Gasteiger partial charge in [-0.1, -0.05) is 0 Å². The molecule has 3 rings (SSSR count). The minimum Gasteiger partial charge on any atom is -0.494 e. The van der Waals surface area contributed by atoms with E-state index in [1.54, 1.807) is 11.8 Å². The number of carbonyl (C=O) groups excluding carboxylic acids is 1. The largest absolute Gasteiger partial charge is 0.494 e. The maximum atomic E-state index is 12.8. The molecule has 1 aromatic heterocycles. The summed E-state index contributed by atoms with van der Waals surface area (Å²) in [6.45, 7) is 6.74. The van der Waals surface area contributed by atoms with Crippen LogP contribution in [0.2, 0.25) is 0 Å². The van der Waals surface area contributed by atoms with Crippen LogP contribution in [0.1, 0.15) is 35.6 Å². The van der Waals surface area contributed by atoms with Gasteiger partial charge < -0.3 is 14.7 Å². The summed E-state index contributed by atoms with van der Waals surface area (Å²) in [6, 6.07) is 7.62. The van der Waals surface area contributed by atoms with Gasteiger partial charge in [-0.3, -0.25) is 9.59 Å². The molecule has 1 fully saturated rings. The van der Waals surface area contributed by atoms with Crippen molar-refractivity contribution in [2.24, 2.45) is 5.41 Å². The van der Waals surface area contributed by atoms with Crippen LogP contribution >= 0.6 is 11.3 Å². The van der Waals surface area contributed by atoms with Gasteiger partial charge in [0, 0.05) is 18.7 Å². The average Bonchev–Trinajstić information content (AvgIpc) is 3.20. The van der Waals surface area contributed by atoms with Crippen LogP contribution in [-0.2, 0) is 4.79 Å². The Morgan fingerprint density at radius 1 is 1.35 bits per heavy atom. The minimum absolute atomic E-state index is 0.137. The standard InChI is InChI=1S/C19H22N2O4S/c1-4-25-14-7-5-13(6-8-14)16-20-12(2)15(26-16)17(22)21-10-9-19(3,11-21)18(23)24/h5-8H,4,9-11H2,1-3H3,(H,23,24). The van der Waals surface area contributed by atoms with E-state index in [4.69, 9.17) is 4.74 Å². The Kier molecular flexibility index (Phi) is 5.00. The fourth-order valence-corrected chi connectivity index (χ4v) is 4.07. The van der Waals surface area contributed by atoms with Crippen molar-refractivity contribution in [2.75, 3.05) is 19.7 Å². The molecule has 0 spiro atoms. The van der Waals surface area contributed by atoms with Crippen molar-refractivity contribution in [3.05, 3.63) is 34.8 Å². The molecule has 1 N–H and O–H groups in total. The van der Waals surface area contributed by atoms with E-state index in [0.29, 0.717) is 30.1 Å². The number of ether oxygens (including phenoxy) is 1. The normalized spacial score (nSPS) is 19.6. The molecule has 0 radical (unpaired) electrons. The summed E-state index contributed by atoms with van der Waals surface area (Å²) in [5.74, 6) is -0.197. The van der Waals surface area contributed by atoms with Crippen molar-refractivity contribution in [1.82, 2.24) is 9.88 Å². The Bertz CT molecular complexity index is 831. The lowest BCUT2D eigenvalue weighted by atomic mass is 9.90. The number of likely N-dealkylation sites (tertiary alicyclic amines) is 1. The summed E-state index contributed by atoms with van der Waals surface area (Å²) in [5, 5.41) is 10.1. The summed E-state index contributed by atoms with van der Waals surface area (Å²) >= 11 is 1.34. The first-order valence-corrected chi connectivity index (χ1v) is 9.39. The summed E-state index contributed by atoms with van der Waals surface area (Å²) in [5.41, 5.74) is 0.733. The molecule has 1 saturated heterocycles. The molecule has 0 saturated carbocycles. The molecule has 6 nitrogen and oxygen atoms in total. The maximum Gasteiger partial charge on any atom is 0.311 e. The van der Waals surface area contributed by atoms with E-state index >= 15 is 0 Å². The van der Waals surface area contributed by atoms with Crippen LogP contribution in [0.5, 0.6) is 5.75 Å². The van der Waals surface area contributed by atoms with Gasteiger partial charge in [0.15, 0.2) is 0 Å². The fraction of sp³-hybridized carbons (Fsp3) is 0.421. The van der Waals surface area contributed by atoms with Crippen LogP contribution in [0.25, 0.3) is 10.6 Å². The first-order valence-electron chi connectivity index (χ1n) is 8.57. The Labute approximate surface area is 156 Å². The summed E-state index contributed by atoms with van der Waals surface area (Å²) in [6.07, 6.45) is 0.470. The van der Waals surface area contributed by atoms with Crippen LogP contribution in [0, 0.1) is 12.3 Å². The first-order chi connectivity index (χ1) is 12.3. The van der Waals surface area contributed by atoms with E-state index in [1.165, 1.54) is 11.3 Å². The lowest BCUT2D eigenvalue weighted by Crippen LogP contribution is -2.34. The Morgan fingerprint density at radius 2 is 2.04 bits per heavy atom. The monoisotopic (exact) mass is 374 g/mol. The highest BCUT2D eigenvalue weighted by Crippen LogP contribution is 2.34. The van der Waals surface area contributed by atoms with Crippen molar-refractivity contribution in [1.29, 1.82) is 0 Å². The Morgan fingerprint density at radius 3 is 2.62 bits per heavy atom. The molecule has 0 bridgehead atoms. The lowest BCUT2D eigenvalue weighted by molar-refractivity contribution is -0.147. The van der Waals surface area contributed by atoms with E-state index in [0.717, 1.165) is 16.3 Å². The van der Waals surface area contributed by atoms with Gasteiger partial charge in [0.2, 0.25) is 0 Å². The van der Waals surface area contributed by atoms with Crippen LogP contribution in [0.3, 0.4) is 0 Å². The van der Waals surface area contributed by atoms with Gasteiger partial charge in [0.25, 0.3) is 5.91 Å². The van der Waals surface area contributed by atoms with E-state index in [9.17, 15) is 14.7 Å². The van der Waals surface area contributed by atoms with Crippen molar-refractivity contribution >= 4 is 23.2 Å². The molecule has 1 aromatic carbocycles. The van der Waals surface area contributed by atoms with Crippen LogP contribution < -0.4 is 4.74 Å². The quantitative estimate of drug-likeness (QED) is 0.867. The third-order valence-electron chi connectivity index (χ3n) is 4.68. The molecule has 1 amide bonds. The van der Waals surface area contributed by atoms with Gasteiger partial charge in [-0.15, -0.1) is 11.3 Å². The number of carboxylic acid groups (broad SMARTS) is 1. The van der Waals surface area contributed by atoms with E-state index in [-0.39, 0.29) is 12.5 Å². The number of rotatable bonds is 5. The summed E-state index contributed by atoms with van der Waals surface area (Å²) in [4.78, 5) is 31.0. The van der Waals surface area contributed by atoms with Gasteiger partial charge in [-0.2, -0.15) is 0 Å². The number of nitrogens with zero attached hydrogens (tertiary/aromatic N) is 2. The highest BCUT2D eigenvalue weighted by Gasteiger charge is 2.42. The predicted octanol–water partition coefficient (Wildman–Crippen LogP) is 3.45. The highest BCUT2D eigenvalue weighted by molar-refractivity contribution is 7.17. The predicted molar refractivity (Wildman–Crippen MR) is 99.7 cm³/mol. The van der Waals surface area contributed by atoms with Crippen molar-refractivity contribution in [3.63, 3.8) is 0 Å². The number of carbonyl (C=O) groups is 2. The van der Waals surface area contributed by atoms with Crippen LogP contribution in [0.15, 0.2) is 24.3 Å². The van der Waals surface area contributed by atoms with Gasteiger partial charge in [-0.25, -0.2) is 4.98 Å². The average molecular weight is 374 g/mol. The number of hydrogen-bond acceptors (Lipinski definition) is 5. The highest BCUT2D eigenvalue weighted by atomic mass is 32.1. The molecule has 0 aliphatic carbocycles. The molecule has 1 atom stereocenters. The number of aliphatic carboxylic acids is 1. The Hall–Kier alpha value is -2.41. The van der Waals surface area contributed by atoms with E-state index < -0.39 is 11.4 Å². The van der Waals surface area contributed by atoms with Crippen molar-refractivity contribution < 1.29 is 19.4 Å². The van der Waals surface area contributed by atoms with Gasteiger partial charge in [-0.05, 0) is 51.5 Å². The molecule has 7 heteroatoms. The number of benzene rings is 1. The molecule has 2 aromatic rings. The molecular formula is C19H22N2O4S. The zero-order chi connectivity index (χ0) is 18.9. The SMILES string of the molecule is CCOc1ccc(-c2nc(C)c(C(=O)N3CCC(C)(C(=O)O)C3)s2)cc1. The van der Waals surface area contributed by atoms with Crippen LogP contribution in [0.4, 0.5) is 0 Å². The molecule has 138 valence electrons. The zero-order valence-electron chi connectivity index (χ0n) is 15.1. The maximum absolute atomic E-state index is 12.8. The number of aromatic nitrogens is 1. The third-order valence-corrected chi connectivity index (χ3v) is 5.87. The fourth-order valence-electron chi connectivity index (χ4n) is 3.03. The molecule has 1 aliphatic heterocycles. The van der Waals surface area contributed by atoms with Crippen molar-refractivity contribution in [3.8, 4) is 16.3 Å². The zero-order valence-corrected chi connectivity index (χ0v) is 15.9. The van der Waals surface area contributed by atoms with Gasteiger partial charge in [0.1, 0.15) is 15.6 Å².